The Morgan fingerprint density at radius 2 is 1.96 bits per heavy atom. The first-order valence-corrected chi connectivity index (χ1v) is 10.3. The molecule has 0 aliphatic carbocycles. The predicted molar refractivity (Wildman–Crippen MR) is 100 cm³/mol. The first-order valence-electron chi connectivity index (χ1n) is 7.57. The fourth-order valence-corrected chi connectivity index (χ4v) is 4.45. The minimum absolute atomic E-state index is 0.0186. The Morgan fingerprint density at radius 1 is 1.30 bits per heavy atom. The quantitative estimate of drug-likeness (QED) is 0.651. The number of nitrogens with zero attached hydrogens (tertiary/aromatic N) is 2. The van der Waals surface area contributed by atoms with Gasteiger partial charge in [0.05, 0.1) is 23.5 Å². The minimum Gasteiger partial charge on any atom is -0.347 e. The van der Waals surface area contributed by atoms with Crippen molar-refractivity contribution in [1.29, 1.82) is 0 Å². The Balaban J connectivity index is 1.79. The molecule has 142 valence electrons. The van der Waals surface area contributed by atoms with Crippen LogP contribution in [0.1, 0.15) is 20.9 Å². The van der Waals surface area contributed by atoms with Gasteiger partial charge < -0.3 is 5.32 Å². The molecule has 2 heterocycles. The van der Waals surface area contributed by atoms with Gasteiger partial charge in [0.15, 0.2) is 0 Å². The van der Waals surface area contributed by atoms with E-state index < -0.39 is 21.7 Å². The van der Waals surface area contributed by atoms with Crippen LogP contribution in [0.5, 0.6) is 0 Å². The van der Waals surface area contributed by atoms with E-state index in [1.165, 1.54) is 35.0 Å². The lowest BCUT2D eigenvalue weighted by molar-refractivity contribution is 0.0951. The first kappa shape index (κ1) is 19.5. The van der Waals surface area contributed by atoms with Crippen molar-refractivity contribution in [2.45, 2.75) is 17.7 Å². The van der Waals surface area contributed by atoms with Crippen LogP contribution in [0.2, 0.25) is 5.15 Å². The molecular formula is C16H14ClFN4O3S2. The van der Waals surface area contributed by atoms with E-state index >= 15 is 0 Å². The molecular weight excluding hydrogens is 415 g/mol. The topological polar surface area (TPSA) is 107 Å². The van der Waals surface area contributed by atoms with Gasteiger partial charge in [-0.25, -0.2) is 22.6 Å². The predicted octanol–water partition coefficient (Wildman–Crippen LogP) is 2.61. The van der Waals surface area contributed by atoms with E-state index in [-0.39, 0.29) is 21.5 Å². The van der Waals surface area contributed by atoms with Crippen LogP contribution < -0.4 is 10.5 Å². The number of nitrogens with two attached hydrogens (primary N) is 1. The molecule has 0 saturated heterocycles. The van der Waals surface area contributed by atoms with Crippen LogP contribution in [0.25, 0.3) is 5.69 Å². The molecule has 0 aliphatic rings. The number of halogens is 2. The van der Waals surface area contributed by atoms with Gasteiger partial charge in [-0.15, -0.1) is 11.3 Å². The molecule has 0 bridgehead atoms. The van der Waals surface area contributed by atoms with Crippen molar-refractivity contribution >= 4 is 38.9 Å². The summed E-state index contributed by atoms with van der Waals surface area (Å²) in [6.45, 7) is 1.74. The van der Waals surface area contributed by atoms with Gasteiger partial charge in [-0.05, 0) is 43.3 Å². The number of nitrogens with one attached hydrogen (secondary N) is 1. The summed E-state index contributed by atoms with van der Waals surface area (Å²) in [5.41, 5.74) is 1.10. The van der Waals surface area contributed by atoms with Gasteiger partial charge in [0.1, 0.15) is 15.2 Å². The molecule has 11 heteroatoms. The van der Waals surface area contributed by atoms with Crippen molar-refractivity contribution < 1.29 is 17.6 Å². The van der Waals surface area contributed by atoms with Gasteiger partial charge >= 0.3 is 0 Å². The number of hydrogen-bond donors (Lipinski definition) is 2. The molecule has 2 aromatic heterocycles. The highest BCUT2D eigenvalue weighted by Gasteiger charge is 2.21. The fourth-order valence-electron chi connectivity index (χ4n) is 2.37. The third kappa shape index (κ3) is 4.19. The molecule has 0 unspecified atom stereocenters. The molecule has 3 N–H and O–H groups in total. The summed E-state index contributed by atoms with van der Waals surface area (Å²) in [4.78, 5) is 13.1. The number of aromatic nitrogens is 2. The van der Waals surface area contributed by atoms with Crippen molar-refractivity contribution in [3.8, 4) is 5.69 Å². The van der Waals surface area contributed by atoms with E-state index in [9.17, 15) is 17.6 Å². The van der Waals surface area contributed by atoms with Crippen LogP contribution >= 0.6 is 22.9 Å². The van der Waals surface area contributed by atoms with Crippen LogP contribution in [0, 0.1) is 12.7 Å². The summed E-state index contributed by atoms with van der Waals surface area (Å²) in [7, 11) is -3.77. The zero-order chi connectivity index (χ0) is 19.8. The van der Waals surface area contributed by atoms with Crippen LogP contribution in [0.4, 0.5) is 4.39 Å². The first-order chi connectivity index (χ1) is 12.7. The normalized spacial score (nSPS) is 11.6. The van der Waals surface area contributed by atoms with Crippen LogP contribution in [0.15, 0.2) is 40.6 Å². The Labute approximate surface area is 163 Å². The van der Waals surface area contributed by atoms with Gasteiger partial charge in [0.2, 0.25) is 10.0 Å². The van der Waals surface area contributed by atoms with E-state index in [0.717, 1.165) is 11.3 Å². The largest absolute Gasteiger partial charge is 0.347 e. The molecule has 3 aromatic rings. The second-order valence-electron chi connectivity index (χ2n) is 5.59. The third-order valence-electron chi connectivity index (χ3n) is 3.64. The average molecular weight is 429 g/mol. The van der Waals surface area contributed by atoms with Crippen molar-refractivity contribution in [3.63, 3.8) is 0 Å². The monoisotopic (exact) mass is 428 g/mol. The Kier molecular flexibility index (Phi) is 5.33. The Morgan fingerprint density at radius 3 is 2.56 bits per heavy atom. The number of sulfonamides is 1. The lowest BCUT2D eigenvalue weighted by atomic mass is 10.2. The molecule has 0 aliphatic heterocycles. The Bertz CT molecular complexity index is 1110. The lowest BCUT2D eigenvalue weighted by Gasteiger charge is -2.05. The van der Waals surface area contributed by atoms with Crippen molar-refractivity contribution in [3.05, 3.63) is 63.5 Å². The highest BCUT2D eigenvalue weighted by molar-refractivity contribution is 7.91. The van der Waals surface area contributed by atoms with Gasteiger partial charge in [0, 0.05) is 4.88 Å². The molecule has 0 radical (unpaired) electrons. The van der Waals surface area contributed by atoms with E-state index in [1.54, 1.807) is 13.0 Å². The summed E-state index contributed by atoms with van der Waals surface area (Å²) in [5, 5.41) is 12.1. The molecule has 3 rings (SSSR count). The number of aryl methyl sites for hydroxylation is 1. The summed E-state index contributed by atoms with van der Waals surface area (Å²) in [6.07, 6.45) is 0. The second-order valence-corrected chi connectivity index (χ2v) is 8.90. The number of rotatable bonds is 5. The second kappa shape index (κ2) is 7.39. The zero-order valence-corrected chi connectivity index (χ0v) is 16.3. The average Bonchev–Trinajstić information content (AvgIpc) is 3.18. The molecule has 0 atom stereocenters. The van der Waals surface area contributed by atoms with Crippen LogP contribution in [-0.4, -0.2) is 24.1 Å². The van der Waals surface area contributed by atoms with E-state index in [0.29, 0.717) is 16.3 Å². The SMILES string of the molecule is Cc1nn(-c2ccc(F)cc2)c(Cl)c1C(=O)NCc1ccc(S(N)(=O)=O)s1. The Hall–Kier alpha value is -2.27. The lowest BCUT2D eigenvalue weighted by Crippen LogP contribution is -2.23. The standard InChI is InChI=1S/C16H14ClFN4O3S2/c1-9-14(15(17)22(21-9)11-4-2-10(18)3-5-11)16(23)20-8-12-6-7-13(26-12)27(19,24)25/h2-7H,8H2,1H3,(H,20,23)(H2,19,24,25). The molecule has 1 aromatic carbocycles. The van der Waals surface area contributed by atoms with Gasteiger partial charge in [-0.2, -0.15) is 5.10 Å². The maximum Gasteiger partial charge on any atom is 0.256 e. The van der Waals surface area contributed by atoms with Crippen molar-refractivity contribution in [1.82, 2.24) is 15.1 Å². The number of amides is 1. The van der Waals surface area contributed by atoms with Crippen LogP contribution in [-0.2, 0) is 16.6 Å². The maximum absolute atomic E-state index is 13.1. The van der Waals surface area contributed by atoms with E-state index in [4.69, 9.17) is 16.7 Å². The van der Waals surface area contributed by atoms with Crippen molar-refractivity contribution in [2.24, 2.45) is 5.14 Å². The highest BCUT2D eigenvalue weighted by Crippen LogP contribution is 2.24. The number of benzene rings is 1. The van der Waals surface area contributed by atoms with Crippen molar-refractivity contribution in [2.75, 3.05) is 0 Å². The molecule has 0 fully saturated rings. The third-order valence-corrected chi connectivity index (χ3v) is 6.52. The number of hydrogen-bond acceptors (Lipinski definition) is 5. The number of thiophene rings is 1. The molecule has 7 nitrogen and oxygen atoms in total. The smallest absolute Gasteiger partial charge is 0.256 e. The number of carbonyl (C=O) groups is 1. The van der Waals surface area contributed by atoms with E-state index in [2.05, 4.69) is 10.4 Å². The summed E-state index contributed by atoms with van der Waals surface area (Å²) in [6, 6.07) is 8.48. The summed E-state index contributed by atoms with van der Waals surface area (Å²) >= 11 is 7.27. The van der Waals surface area contributed by atoms with E-state index in [1.807, 2.05) is 0 Å². The number of primary sulfonamides is 1. The van der Waals surface area contributed by atoms with Gasteiger partial charge in [-0.1, -0.05) is 11.6 Å². The molecule has 27 heavy (non-hydrogen) atoms. The minimum atomic E-state index is -3.77. The molecule has 1 amide bonds. The van der Waals surface area contributed by atoms with Crippen LogP contribution in [0.3, 0.4) is 0 Å². The summed E-state index contributed by atoms with van der Waals surface area (Å²) < 4.78 is 37.0. The summed E-state index contributed by atoms with van der Waals surface area (Å²) in [5.74, 6) is -0.858. The molecule has 0 spiro atoms. The molecule has 0 saturated carbocycles. The van der Waals surface area contributed by atoms with Gasteiger partial charge in [0.25, 0.3) is 5.91 Å². The fraction of sp³-hybridized carbons (Fsp3) is 0.125. The highest BCUT2D eigenvalue weighted by atomic mass is 35.5. The zero-order valence-electron chi connectivity index (χ0n) is 13.9. The maximum atomic E-state index is 13.1. The number of carbonyl (C=O) groups excluding carboxylic acids is 1. The van der Waals surface area contributed by atoms with Gasteiger partial charge in [-0.3, -0.25) is 4.79 Å².